The Morgan fingerprint density at radius 1 is 1.22 bits per heavy atom. The van der Waals surface area contributed by atoms with Crippen molar-refractivity contribution in [1.29, 1.82) is 0 Å². The zero-order chi connectivity index (χ0) is 17.2. The highest BCUT2D eigenvalue weighted by Crippen LogP contribution is 2.75. The summed E-state index contributed by atoms with van der Waals surface area (Å²) in [4.78, 5) is 14.2. The van der Waals surface area contributed by atoms with E-state index in [1.54, 1.807) is 4.90 Å². The van der Waals surface area contributed by atoms with Gasteiger partial charge in [-0.3, -0.25) is 0 Å². The lowest BCUT2D eigenvalue weighted by Crippen LogP contribution is -2.50. The molecule has 5 heteroatoms. The summed E-state index contributed by atoms with van der Waals surface area (Å²) in [6.07, 6.45) is 2.79. The molecule has 0 aromatic carbocycles. The Hall–Kier alpha value is -0.870. The Morgan fingerprint density at radius 3 is 2.17 bits per heavy atom. The average Bonchev–Trinajstić information content (AvgIpc) is 2.65. The minimum absolute atomic E-state index is 0.0772. The summed E-state index contributed by atoms with van der Waals surface area (Å²) in [5, 5.41) is 0. The molecule has 0 N–H and O–H groups in total. The molecule has 1 spiro atoms. The normalized spacial score (nSPS) is 38.3. The number of alkyl halides is 2. The van der Waals surface area contributed by atoms with Gasteiger partial charge in [-0.1, -0.05) is 13.8 Å². The van der Waals surface area contributed by atoms with Gasteiger partial charge in [0.1, 0.15) is 5.60 Å². The summed E-state index contributed by atoms with van der Waals surface area (Å²) >= 11 is 0. The highest BCUT2D eigenvalue weighted by Gasteiger charge is 2.81. The zero-order valence-electron chi connectivity index (χ0n) is 14.9. The first-order chi connectivity index (χ1) is 10.5. The second kappa shape index (κ2) is 5.06. The van der Waals surface area contributed by atoms with E-state index in [1.807, 2.05) is 34.6 Å². The van der Waals surface area contributed by atoms with Gasteiger partial charge in [0.25, 0.3) is 5.92 Å². The number of hydrogen-bond acceptors (Lipinski definition) is 2. The van der Waals surface area contributed by atoms with E-state index in [1.165, 1.54) is 0 Å². The molecule has 2 saturated heterocycles. The van der Waals surface area contributed by atoms with Crippen molar-refractivity contribution in [3.05, 3.63) is 0 Å². The van der Waals surface area contributed by atoms with Crippen LogP contribution in [-0.2, 0) is 4.74 Å². The van der Waals surface area contributed by atoms with E-state index in [0.717, 1.165) is 12.8 Å². The molecule has 0 aromatic heterocycles. The van der Waals surface area contributed by atoms with E-state index in [2.05, 4.69) is 0 Å². The number of hydrogen-bond donors (Lipinski definition) is 0. The van der Waals surface area contributed by atoms with Crippen molar-refractivity contribution in [1.82, 2.24) is 4.90 Å². The topological polar surface area (TPSA) is 29.5 Å². The summed E-state index contributed by atoms with van der Waals surface area (Å²) in [7, 11) is 0. The monoisotopic (exact) mass is 329 g/mol. The first-order valence-electron chi connectivity index (χ1n) is 8.87. The highest BCUT2D eigenvalue weighted by atomic mass is 19.3. The van der Waals surface area contributed by atoms with Gasteiger partial charge in [0.15, 0.2) is 0 Å². The largest absolute Gasteiger partial charge is 0.444 e. The van der Waals surface area contributed by atoms with Crippen LogP contribution in [0.3, 0.4) is 0 Å². The Morgan fingerprint density at radius 2 is 1.74 bits per heavy atom. The van der Waals surface area contributed by atoms with Gasteiger partial charge in [-0.05, 0) is 58.8 Å². The third-order valence-corrected chi connectivity index (χ3v) is 5.82. The molecule has 0 radical (unpaired) electrons. The third kappa shape index (κ3) is 2.64. The van der Waals surface area contributed by atoms with Crippen molar-refractivity contribution in [2.45, 2.75) is 90.3 Å². The molecule has 23 heavy (non-hydrogen) atoms. The molecule has 1 saturated carbocycles. The molecular weight excluding hydrogens is 300 g/mol. The van der Waals surface area contributed by atoms with Gasteiger partial charge in [0, 0.05) is 23.4 Å². The first-order valence-corrected chi connectivity index (χ1v) is 8.87. The molecule has 1 aliphatic carbocycles. The van der Waals surface area contributed by atoms with Crippen molar-refractivity contribution >= 4 is 6.09 Å². The number of halogens is 2. The van der Waals surface area contributed by atoms with Crippen LogP contribution in [0.1, 0.15) is 66.7 Å². The number of piperidine rings is 1. The Balaban J connectivity index is 1.74. The molecule has 1 amide bonds. The van der Waals surface area contributed by atoms with E-state index < -0.39 is 22.9 Å². The van der Waals surface area contributed by atoms with Crippen LogP contribution < -0.4 is 0 Å². The molecule has 3 atom stereocenters. The summed E-state index contributed by atoms with van der Waals surface area (Å²) in [6, 6.07) is -0.154. The van der Waals surface area contributed by atoms with Gasteiger partial charge in [0.2, 0.25) is 0 Å². The van der Waals surface area contributed by atoms with Crippen LogP contribution in [0.15, 0.2) is 0 Å². The van der Waals surface area contributed by atoms with E-state index >= 15 is 0 Å². The number of ether oxygens (including phenoxy) is 1. The Labute approximate surface area is 137 Å². The molecule has 2 bridgehead atoms. The van der Waals surface area contributed by atoms with Crippen molar-refractivity contribution < 1.29 is 18.3 Å². The van der Waals surface area contributed by atoms with E-state index in [9.17, 15) is 13.6 Å². The Kier molecular flexibility index (Phi) is 3.73. The van der Waals surface area contributed by atoms with Crippen LogP contribution >= 0.6 is 0 Å². The van der Waals surface area contributed by atoms with Gasteiger partial charge in [0.05, 0.1) is 0 Å². The summed E-state index contributed by atoms with van der Waals surface area (Å²) in [5.74, 6) is -2.77. The maximum Gasteiger partial charge on any atom is 0.410 e. The van der Waals surface area contributed by atoms with Crippen LogP contribution in [0.2, 0.25) is 0 Å². The molecule has 3 nitrogen and oxygen atoms in total. The smallest absolute Gasteiger partial charge is 0.410 e. The quantitative estimate of drug-likeness (QED) is 0.725. The van der Waals surface area contributed by atoms with Crippen LogP contribution in [0.4, 0.5) is 13.6 Å². The molecule has 3 fully saturated rings. The lowest BCUT2D eigenvalue weighted by atomic mass is 9.84. The van der Waals surface area contributed by atoms with E-state index in [0.29, 0.717) is 19.3 Å². The summed E-state index contributed by atoms with van der Waals surface area (Å²) in [6.45, 7) is 9.53. The predicted molar refractivity (Wildman–Crippen MR) is 84.4 cm³/mol. The van der Waals surface area contributed by atoms with Crippen molar-refractivity contribution in [3.63, 3.8) is 0 Å². The van der Waals surface area contributed by atoms with Crippen molar-refractivity contribution in [2.24, 2.45) is 17.3 Å². The lowest BCUT2D eigenvalue weighted by Gasteiger charge is -2.40. The Bertz CT molecular complexity index is 484. The second-order valence-corrected chi connectivity index (χ2v) is 9.14. The van der Waals surface area contributed by atoms with Gasteiger partial charge < -0.3 is 9.64 Å². The van der Waals surface area contributed by atoms with Gasteiger partial charge in [-0.25, -0.2) is 13.6 Å². The van der Waals surface area contributed by atoms with Gasteiger partial charge in [-0.15, -0.1) is 0 Å². The van der Waals surface area contributed by atoms with Crippen molar-refractivity contribution in [3.8, 4) is 0 Å². The molecule has 3 rings (SSSR count). The number of amides is 1. The third-order valence-electron chi connectivity index (χ3n) is 5.82. The van der Waals surface area contributed by atoms with Gasteiger partial charge >= 0.3 is 6.09 Å². The molecule has 2 heterocycles. The number of fused-ring (bicyclic) bond motifs is 2. The number of rotatable bonds is 2. The van der Waals surface area contributed by atoms with Crippen LogP contribution in [0.25, 0.3) is 0 Å². The molecule has 0 aromatic rings. The lowest BCUT2D eigenvalue weighted by molar-refractivity contribution is -0.0203. The maximum absolute atomic E-state index is 14.5. The summed E-state index contributed by atoms with van der Waals surface area (Å²) in [5.41, 5.74) is -1.41. The summed E-state index contributed by atoms with van der Waals surface area (Å²) < 4.78 is 34.6. The van der Waals surface area contributed by atoms with Crippen molar-refractivity contribution in [2.75, 3.05) is 0 Å². The predicted octanol–water partition coefficient (Wildman–Crippen LogP) is 4.85. The first kappa shape index (κ1) is 17.0. The number of carbonyl (C=O) groups excluding carboxylic acids is 1. The fourth-order valence-electron chi connectivity index (χ4n) is 4.89. The number of carbonyl (C=O) groups is 1. The number of nitrogens with zero attached hydrogens (tertiary/aromatic N) is 1. The highest BCUT2D eigenvalue weighted by molar-refractivity contribution is 5.70. The average molecular weight is 329 g/mol. The molecule has 3 unspecified atom stereocenters. The fraction of sp³-hybridized carbons (Fsp3) is 0.944. The maximum atomic E-state index is 14.5. The molecule has 2 aliphatic heterocycles. The fourth-order valence-corrected chi connectivity index (χ4v) is 4.89. The minimum Gasteiger partial charge on any atom is -0.444 e. The van der Waals surface area contributed by atoms with Crippen LogP contribution in [-0.4, -0.2) is 34.6 Å². The molecule has 132 valence electrons. The zero-order valence-corrected chi connectivity index (χ0v) is 14.9. The minimum atomic E-state index is -2.56. The molecule has 3 aliphatic rings. The molecular formula is C18H29F2NO2. The SMILES string of the molecule is CC(C)CC1C(F)(F)C12CC1CCC(C2)N1C(=O)OC(C)(C)C. The standard InChI is InChI=1S/C18H29F2NO2/c1-11(2)8-14-17(18(14,19)20)9-12-6-7-13(10-17)21(12)15(22)23-16(3,4)5/h11-14H,6-10H2,1-5H3. The van der Waals surface area contributed by atoms with Gasteiger partial charge in [-0.2, -0.15) is 0 Å². The van der Waals surface area contributed by atoms with E-state index in [4.69, 9.17) is 4.74 Å². The van der Waals surface area contributed by atoms with Crippen LogP contribution in [0.5, 0.6) is 0 Å². The van der Waals surface area contributed by atoms with Crippen LogP contribution in [0, 0.1) is 17.3 Å². The second-order valence-electron chi connectivity index (χ2n) is 9.14. The van der Waals surface area contributed by atoms with E-state index in [-0.39, 0.29) is 24.1 Å².